The first-order valence-electron chi connectivity index (χ1n) is 5.01. The highest BCUT2D eigenvalue weighted by Gasteiger charge is 2.37. The van der Waals surface area contributed by atoms with Crippen molar-refractivity contribution in [1.82, 2.24) is 10.2 Å². The summed E-state index contributed by atoms with van der Waals surface area (Å²) < 4.78 is 51.2. The summed E-state index contributed by atoms with van der Waals surface area (Å²) in [5.41, 5.74) is -1.76. The number of H-pyrrole nitrogens is 1. The second kappa shape index (κ2) is 5.17. The smallest absolute Gasteiger partial charge is 0.298 e. The SMILES string of the molecule is O=C[14c]1[14cH][14c](-c2n[nH]c(C(F)(F)F)c2Br)[14c](F)[14cH][14c]1Cl. The molecule has 0 amide bonds. The monoisotopic (exact) mass is 382 g/mol. The maximum atomic E-state index is 13.8. The third kappa shape index (κ3) is 2.57. The second-order valence-corrected chi connectivity index (χ2v) is 4.93. The van der Waals surface area contributed by atoms with Crippen LogP contribution in [0.15, 0.2) is 16.6 Å². The minimum atomic E-state index is -4.67. The van der Waals surface area contributed by atoms with E-state index in [4.69, 9.17) is 11.6 Å². The van der Waals surface area contributed by atoms with Crippen LogP contribution in [0.5, 0.6) is 0 Å². The Bertz CT molecular complexity index is 684. The molecule has 9 heteroatoms. The van der Waals surface area contributed by atoms with Gasteiger partial charge in [0, 0.05) is 11.1 Å². The van der Waals surface area contributed by atoms with Gasteiger partial charge in [0.2, 0.25) is 0 Å². The first kappa shape index (κ1) is 15.0. The van der Waals surface area contributed by atoms with Crippen molar-refractivity contribution in [2.75, 3.05) is 0 Å². The van der Waals surface area contributed by atoms with E-state index in [-0.39, 0.29) is 21.8 Å². The minimum absolute atomic E-state index is 0.0495. The standard InChI is InChI=1S/C11H4BrClF4N2O/c12-8-9(18-19-10(8)11(15,16)17)5-1-4(3-20)6(13)2-7(5)14/h1-3H,(H,18,19)/i1+2,2+2,4+2,5+2,6+2,7+2. The molecular formula is C11H4BrClF4N2O. The van der Waals surface area contributed by atoms with Crippen LogP contribution < -0.4 is 0 Å². The van der Waals surface area contributed by atoms with E-state index in [1.165, 1.54) is 0 Å². The summed E-state index contributed by atoms with van der Waals surface area (Å²) in [6.07, 6.45) is -4.29. The summed E-state index contributed by atoms with van der Waals surface area (Å²) in [7, 11) is 0. The molecule has 0 aliphatic rings. The summed E-state index contributed by atoms with van der Waals surface area (Å²) in [5.74, 6) is -0.887. The van der Waals surface area contributed by atoms with Gasteiger partial charge in [-0.05, 0) is 28.1 Å². The number of aromatic nitrogens is 2. The first-order chi connectivity index (χ1) is 9.25. The molecule has 1 aromatic carbocycles. The lowest BCUT2D eigenvalue weighted by atomic mass is 10.4. The molecule has 1 aromatic heterocycles. The molecule has 0 spiro atoms. The van der Waals surface area contributed by atoms with Crippen LogP contribution in [-0.2, 0) is 6.18 Å². The van der Waals surface area contributed by atoms with Crippen LogP contribution in [0.3, 0.4) is 0 Å². The number of halogens is 6. The van der Waals surface area contributed by atoms with E-state index >= 15 is 0 Å². The molecule has 0 unspecified atom stereocenters. The number of aromatic amines is 1. The predicted octanol–water partition coefficient (Wildman–Crippen LogP) is 4.46. The number of carbonyl (C=O) groups is 1. The molecule has 0 radical (unpaired) electrons. The van der Waals surface area contributed by atoms with Crippen LogP contribution in [0, 0.1) is 5.82 Å². The van der Waals surface area contributed by atoms with Crippen LogP contribution in [0.2, 0.25) is 5.02 Å². The molecule has 20 heavy (non-hydrogen) atoms. The second-order valence-electron chi connectivity index (χ2n) is 3.73. The maximum absolute atomic E-state index is 13.8. The Hall–Kier alpha value is -1.41. The third-order valence-electron chi connectivity index (χ3n) is 2.46. The molecule has 0 aliphatic carbocycles. The fourth-order valence-corrected chi connectivity index (χ4v) is 2.34. The van der Waals surface area contributed by atoms with Crippen molar-refractivity contribution in [1.29, 1.82) is 0 Å². The van der Waals surface area contributed by atoms with Gasteiger partial charge >= 0.3 is 6.18 Å². The number of nitrogens with one attached hydrogen (secondary N) is 1. The Morgan fingerprint density at radius 1 is 1.40 bits per heavy atom. The molecule has 2 aromatic rings. The van der Waals surface area contributed by atoms with Gasteiger partial charge in [-0.3, -0.25) is 9.89 Å². The summed E-state index contributed by atoms with van der Waals surface area (Å²) in [4.78, 5) is 10.7. The molecule has 0 aliphatic heterocycles. The van der Waals surface area contributed by atoms with Gasteiger partial charge in [-0.1, -0.05) is 11.6 Å². The lowest BCUT2D eigenvalue weighted by Gasteiger charge is -2.05. The van der Waals surface area contributed by atoms with Gasteiger partial charge in [0.05, 0.1) is 9.50 Å². The molecule has 1 heterocycles. The Kier molecular flexibility index (Phi) is 3.88. The van der Waals surface area contributed by atoms with Crippen molar-refractivity contribution in [2.24, 2.45) is 0 Å². The largest absolute Gasteiger partial charge is 0.433 e. The molecule has 2 rings (SSSR count). The molecule has 1 N–H and O–H groups in total. The maximum Gasteiger partial charge on any atom is 0.433 e. The highest BCUT2D eigenvalue weighted by atomic mass is 79.9. The van der Waals surface area contributed by atoms with Gasteiger partial charge in [0.25, 0.3) is 0 Å². The summed E-state index contributed by atoms with van der Waals surface area (Å²) in [5, 5.41) is 5.07. The van der Waals surface area contributed by atoms with E-state index in [2.05, 4.69) is 21.0 Å². The topological polar surface area (TPSA) is 45.8 Å². The lowest BCUT2D eigenvalue weighted by Crippen LogP contribution is -2.06. The molecule has 0 fully saturated rings. The summed E-state index contributed by atoms with van der Waals surface area (Å²) in [6, 6.07) is 1.88. The number of carbonyl (C=O) groups excluding carboxylic acids is 1. The number of nitrogens with zero attached hydrogens (tertiary/aromatic N) is 1. The Morgan fingerprint density at radius 3 is 2.55 bits per heavy atom. The van der Waals surface area contributed by atoms with Crippen molar-refractivity contribution >= 4 is 33.8 Å². The number of benzene rings is 1. The number of hydrogen-bond donors (Lipinski definition) is 1. The van der Waals surface area contributed by atoms with Gasteiger partial charge in [-0.25, -0.2) is 4.39 Å². The Morgan fingerprint density at radius 2 is 2.05 bits per heavy atom. The zero-order valence-corrected chi connectivity index (χ0v) is 11.7. The number of rotatable bonds is 2. The fourth-order valence-electron chi connectivity index (χ4n) is 1.53. The summed E-state index contributed by atoms with van der Waals surface area (Å²) in [6.45, 7) is 0. The van der Waals surface area contributed by atoms with E-state index in [1.54, 1.807) is 5.10 Å². The van der Waals surface area contributed by atoms with Crippen molar-refractivity contribution < 1.29 is 22.4 Å². The van der Waals surface area contributed by atoms with Gasteiger partial charge < -0.3 is 0 Å². The molecular weight excluding hydrogens is 379 g/mol. The first-order valence-corrected chi connectivity index (χ1v) is 6.18. The third-order valence-corrected chi connectivity index (χ3v) is 3.56. The van der Waals surface area contributed by atoms with Gasteiger partial charge in [-0.15, -0.1) is 0 Å². The van der Waals surface area contributed by atoms with E-state index in [0.717, 1.165) is 12.1 Å². The van der Waals surface area contributed by atoms with Crippen molar-refractivity contribution in [3.05, 3.63) is 38.7 Å². The number of aldehydes is 1. The molecule has 3 nitrogen and oxygen atoms in total. The van der Waals surface area contributed by atoms with Gasteiger partial charge in [0.15, 0.2) is 12.0 Å². The molecule has 0 saturated carbocycles. The number of hydrogen-bond acceptors (Lipinski definition) is 2. The van der Waals surface area contributed by atoms with E-state index < -0.39 is 22.2 Å². The van der Waals surface area contributed by atoms with Crippen LogP contribution in [0.4, 0.5) is 17.6 Å². The highest BCUT2D eigenvalue weighted by Crippen LogP contribution is 2.39. The lowest BCUT2D eigenvalue weighted by molar-refractivity contribution is -0.141. The Balaban J connectivity index is 2.64. The average Bonchev–Trinajstić information content (AvgIpc) is 2.71. The molecule has 0 saturated heterocycles. The van der Waals surface area contributed by atoms with Crippen molar-refractivity contribution in [3.63, 3.8) is 0 Å². The van der Waals surface area contributed by atoms with E-state index in [1.807, 2.05) is 0 Å². The molecule has 106 valence electrons. The van der Waals surface area contributed by atoms with E-state index in [0.29, 0.717) is 6.29 Å². The van der Waals surface area contributed by atoms with Crippen LogP contribution >= 0.6 is 27.5 Å². The zero-order chi connectivity index (χ0) is 15.1. The predicted molar refractivity (Wildman–Crippen MR) is 67.1 cm³/mol. The van der Waals surface area contributed by atoms with Crippen LogP contribution in [0.25, 0.3) is 11.3 Å². The van der Waals surface area contributed by atoms with Gasteiger partial charge in [-0.2, -0.15) is 18.3 Å². The number of alkyl halides is 3. The molecule has 0 bridgehead atoms. The highest BCUT2D eigenvalue weighted by molar-refractivity contribution is 9.10. The van der Waals surface area contributed by atoms with Crippen LogP contribution in [-0.4, -0.2) is 16.5 Å². The van der Waals surface area contributed by atoms with Gasteiger partial charge in [0.1, 0.15) is 11.5 Å². The quantitative estimate of drug-likeness (QED) is 0.615. The van der Waals surface area contributed by atoms with Crippen LogP contribution in [0.1, 0.15) is 16.1 Å². The van der Waals surface area contributed by atoms with Crippen molar-refractivity contribution in [2.45, 2.75) is 6.18 Å². The van der Waals surface area contributed by atoms with Crippen molar-refractivity contribution in [3.8, 4) is 11.3 Å². The Labute approximate surface area is 123 Å². The zero-order valence-electron chi connectivity index (χ0n) is 9.36. The fraction of sp³-hybridized carbons (Fsp3) is 0.0909. The minimum Gasteiger partial charge on any atom is -0.298 e. The van der Waals surface area contributed by atoms with E-state index in [9.17, 15) is 22.4 Å². The average molecular weight is 383 g/mol. The summed E-state index contributed by atoms with van der Waals surface area (Å²) >= 11 is 8.34. The molecule has 0 atom stereocenters. The normalized spacial score (nSPS) is 11.7.